The molecule has 0 aromatic heterocycles. The van der Waals surface area contributed by atoms with Gasteiger partial charge in [-0.05, 0) is 24.1 Å². The van der Waals surface area contributed by atoms with Gasteiger partial charge in [0.05, 0.1) is 5.71 Å². The average molecular weight is 209 g/mol. The van der Waals surface area contributed by atoms with Gasteiger partial charge in [0, 0.05) is 12.6 Å². The summed E-state index contributed by atoms with van der Waals surface area (Å²) in [5.41, 5.74) is 4.76. The van der Waals surface area contributed by atoms with Gasteiger partial charge >= 0.3 is 0 Å². The molecule has 2 rings (SSSR count). The fourth-order valence-corrected chi connectivity index (χ4v) is 1.83. The molecule has 0 saturated carbocycles. The van der Waals surface area contributed by atoms with Crippen molar-refractivity contribution in [3.8, 4) is 0 Å². The molecule has 0 saturated heterocycles. The first kappa shape index (κ1) is 10.6. The molecule has 0 spiro atoms. The van der Waals surface area contributed by atoms with E-state index in [0.717, 1.165) is 5.71 Å². The highest BCUT2D eigenvalue weighted by Gasteiger charge is 2.08. The van der Waals surface area contributed by atoms with Crippen LogP contribution in [0, 0.1) is 0 Å². The first-order valence-electron chi connectivity index (χ1n) is 5.41. The molecule has 1 heteroatoms. The summed E-state index contributed by atoms with van der Waals surface area (Å²) in [7, 11) is 1.83. The Kier molecular flexibility index (Phi) is 3.16. The van der Waals surface area contributed by atoms with Crippen LogP contribution >= 0.6 is 0 Å². The molecule has 1 nitrogen and oxygen atoms in total. The van der Waals surface area contributed by atoms with Crippen LogP contribution in [0.1, 0.15) is 12.5 Å². The van der Waals surface area contributed by atoms with Crippen LogP contribution in [0.5, 0.6) is 0 Å². The first-order chi connectivity index (χ1) is 7.83. The van der Waals surface area contributed by atoms with Crippen molar-refractivity contribution in [3.05, 3.63) is 65.8 Å². The minimum absolute atomic E-state index is 1.05. The molecule has 0 unspecified atom stereocenters. The van der Waals surface area contributed by atoms with Crippen molar-refractivity contribution in [2.24, 2.45) is 4.99 Å². The molecule has 80 valence electrons. The van der Waals surface area contributed by atoms with Gasteiger partial charge in [-0.3, -0.25) is 4.99 Å². The molecule has 1 aliphatic rings. The zero-order chi connectivity index (χ0) is 11.4. The van der Waals surface area contributed by atoms with E-state index >= 15 is 0 Å². The maximum Gasteiger partial charge on any atom is 0.0646 e. The number of hydrogen-bond donors (Lipinski definition) is 0. The summed E-state index contributed by atoms with van der Waals surface area (Å²) < 4.78 is 0. The molecule has 0 heterocycles. The van der Waals surface area contributed by atoms with Gasteiger partial charge in [-0.25, -0.2) is 0 Å². The highest BCUT2D eigenvalue weighted by atomic mass is 14.7. The standard InChI is InChI=1S/C15H15N/c1-12(13-8-4-3-5-9-13)14-10-6-7-11-15(14)16-2/h3-11H,1-2H3/b14-12+,16-15?. The topological polar surface area (TPSA) is 12.4 Å². The van der Waals surface area contributed by atoms with Crippen molar-refractivity contribution in [1.29, 1.82) is 0 Å². The molecule has 0 amide bonds. The Labute approximate surface area is 96.5 Å². The molecule has 0 N–H and O–H groups in total. The maximum atomic E-state index is 4.30. The van der Waals surface area contributed by atoms with E-state index in [1.165, 1.54) is 16.7 Å². The van der Waals surface area contributed by atoms with E-state index in [4.69, 9.17) is 0 Å². The zero-order valence-corrected chi connectivity index (χ0v) is 9.64. The van der Waals surface area contributed by atoms with E-state index in [2.05, 4.69) is 48.3 Å². The number of rotatable bonds is 1. The average Bonchev–Trinajstić information content (AvgIpc) is 2.39. The lowest BCUT2D eigenvalue weighted by Gasteiger charge is -2.11. The minimum atomic E-state index is 1.05. The summed E-state index contributed by atoms with van der Waals surface area (Å²) in [6.45, 7) is 2.14. The van der Waals surface area contributed by atoms with Crippen molar-refractivity contribution in [3.63, 3.8) is 0 Å². The summed E-state index contributed by atoms with van der Waals surface area (Å²) in [5.74, 6) is 0. The number of aliphatic imine (C=N–C) groups is 1. The molecular formula is C15H15N. The van der Waals surface area contributed by atoms with Gasteiger partial charge in [0.1, 0.15) is 0 Å². The third-order valence-electron chi connectivity index (χ3n) is 2.76. The Morgan fingerprint density at radius 3 is 2.38 bits per heavy atom. The first-order valence-corrected chi connectivity index (χ1v) is 5.41. The van der Waals surface area contributed by atoms with Crippen molar-refractivity contribution >= 4 is 11.3 Å². The molecule has 0 aliphatic heterocycles. The zero-order valence-electron chi connectivity index (χ0n) is 9.64. The van der Waals surface area contributed by atoms with Crippen molar-refractivity contribution in [1.82, 2.24) is 0 Å². The van der Waals surface area contributed by atoms with E-state index in [0.29, 0.717) is 0 Å². The van der Waals surface area contributed by atoms with Gasteiger partial charge in [0.25, 0.3) is 0 Å². The lowest BCUT2D eigenvalue weighted by atomic mass is 9.95. The second-order valence-electron chi connectivity index (χ2n) is 3.73. The third kappa shape index (κ3) is 2.03. The van der Waals surface area contributed by atoms with E-state index in [9.17, 15) is 0 Å². The molecule has 1 aromatic carbocycles. The van der Waals surface area contributed by atoms with E-state index in [1.54, 1.807) is 0 Å². The molecule has 1 aromatic rings. The summed E-state index contributed by atoms with van der Waals surface area (Å²) >= 11 is 0. The van der Waals surface area contributed by atoms with Crippen LogP contribution < -0.4 is 0 Å². The molecular weight excluding hydrogens is 194 g/mol. The van der Waals surface area contributed by atoms with Gasteiger partial charge in [-0.1, -0.05) is 48.6 Å². The Morgan fingerprint density at radius 1 is 1.00 bits per heavy atom. The Balaban J connectivity index is 2.49. The van der Waals surface area contributed by atoms with Gasteiger partial charge < -0.3 is 0 Å². The normalized spacial score (nSPS) is 20.2. The van der Waals surface area contributed by atoms with Crippen LogP contribution in [0.3, 0.4) is 0 Å². The Morgan fingerprint density at radius 2 is 1.69 bits per heavy atom. The smallest absolute Gasteiger partial charge is 0.0646 e. The van der Waals surface area contributed by atoms with Crippen molar-refractivity contribution in [2.75, 3.05) is 7.05 Å². The van der Waals surface area contributed by atoms with Crippen LogP contribution in [0.4, 0.5) is 0 Å². The molecule has 0 bridgehead atoms. The quantitative estimate of drug-likeness (QED) is 0.669. The molecule has 1 aliphatic carbocycles. The van der Waals surface area contributed by atoms with Gasteiger partial charge in [-0.2, -0.15) is 0 Å². The monoisotopic (exact) mass is 209 g/mol. The molecule has 0 fully saturated rings. The van der Waals surface area contributed by atoms with Crippen LogP contribution in [0.25, 0.3) is 5.57 Å². The predicted octanol–water partition coefficient (Wildman–Crippen LogP) is 3.66. The van der Waals surface area contributed by atoms with Gasteiger partial charge in [0.2, 0.25) is 0 Å². The third-order valence-corrected chi connectivity index (χ3v) is 2.76. The number of nitrogens with zero attached hydrogens (tertiary/aromatic N) is 1. The summed E-state index contributed by atoms with van der Waals surface area (Å²) in [4.78, 5) is 4.30. The van der Waals surface area contributed by atoms with E-state index in [-0.39, 0.29) is 0 Å². The van der Waals surface area contributed by atoms with Crippen LogP contribution in [0.2, 0.25) is 0 Å². The van der Waals surface area contributed by atoms with Crippen molar-refractivity contribution in [2.45, 2.75) is 6.92 Å². The van der Waals surface area contributed by atoms with Crippen molar-refractivity contribution < 1.29 is 0 Å². The second-order valence-corrected chi connectivity index (χ2v) is 3.73. The maximum absolute atomic E-state index is 4.30. The lowest BCUT2D eigenvalue weighted by molar-refractivity contribution is 1.42. The fraction of sp³-hybridized carbons (Fsp3) is 0.133. The lowest BCUT2D eigenvalue weighted by Crippen LogP contribution is -2.02. The summed E-state index contributed by atoms with van der Waals surface area (Å²) in [6.07, 6.45) is 8.23. The molecule has 0 radical (unpaired) electrons. The fourth-order valence-electron chi connectivity index (χ4n) is 1.83. The van der Waals surface area contributed by atoms with Crippen LogP contribution in [0.15, 0.2) is 65.2 Å². The van der Waals surface area contributed by atoms with Gasteiger partial charge in [0.15, 0.2) is 0 Å². The second kappa shape index (κ2) is 4.75. The largest absolute Gasteiger partial charge is 0.288 e. The number of benzene rings is 1. The Bertz CT molecular complexity index is 487. The predicted molar refractivity (Wildman–Crippen MR) is 70.7 cm³/mol. The number of allylic oxidation sites excluding steroid dienone is 6. The SMILES string of the molecule is CN=C1C=CC=C/C1=C(/C)c1ccccc1. The summed E-state index contributed by atoms with van der Waals surface area (Å²) in [6, 6.07) is 10.4. The highest BCUT2D eigenvalue weighted by Crippen LogP contribution is 2.22. The summed E-state index contributed by atoms with van der Waals surface area (Å²) in [5, 5.41) is 0. The van der Waals surface area contributed by atoms with Gasteiger partial charge in [-0.15, -0.1) is 0 Å². The number of hydrogen-bond acceptors (Lipinski definition) is 1. The Hall–Kier alpha value is -1.89. The van der Waals surface area contributed by atoms with E-state index in [1.807, 2.05) is 25.3 Å². The molecule has 16 heavy (non-hydrogen) atoms. The van der Waals surface area contributed by atoms with Crippen LogP contribution in [-0.2, 0) is 0 Å². The minimum Gasteiger partial charge on any atom is -0.288 e. The van der Waals surface area contributed by atoms with Crippen LogP contribution in [-0.4, -0.2) is 12.8 Å². The highest BCUT2D eigenvalue weighted by molar-refractivity contribution is 6.15. The molecule has 0 atom stereocenters. The van der Waals surface area contributed by atoms with E-state index < -0.39 is 0 Å².